The summed E-state index contributed by atoms with van der Waals surface area (Å²) in [5.41, 5.74) is 1.14. The molecular weight excluding hydrogens is 198 g/mol. The molecule has 0 saturated heterocycles. The molecule has 0 aliphatic heterocycles. The summed E-state index contributed by atoms with van der Waals surface area (Å²) in [7, 11) is 1.66. The van der Waals surface area contributed by atoms with Gasteiger partial charge in [-0.05, 0) is 25.6 Å². The van der Waals surface area contributed by atoms with Gasteiger partial charge in [-0.15, -0.1) is 0 Å². The molecule has 78 valence electrons. The number of hydrogen-bond donors (Lipinski definition) is 1. The molecular formula is C11H16ClNO. The van der Waals surface area contributed by atoms with Crippen molar-refractivity contribution in [2.75, 3.05) is 13.7 Å². The predicted octanol–water partition coefficient (Wildman–Crippen LogP) is 3.02. The van der Waals surface area contributed by atoms with E-state index in [1.165, 1.54) is 0 Å². The van der Waals surface area contributed by atoms with Gasteiger partial charge in [-0.25, -0.2) is 0 Å². The first kappa shape index (κ1) is 11.3. The standard InChI is InChI=1S/C11H16ClNO/c1-4-13-8(2)10-6-5-9(12)7-11(10)14-3/h5-8,13H,4H2,1-3H3. The van der Waals surface area contributed by atoms with Gasteiger partial charge in [-0.3, -0.25) is 0 Å². The Morgan fingerprint density at radius 3 is 2.79 bits per heavy atom. The summed E-state index contributed by atoms with van der Waals surface area (Å²) in [5, 5.41) is 4.04. The van der Waals surface area contributed by atoms with Crippen LogP contribution in [0.4, 0.5) is 0 Å². The third-order valence-electron chi connectivity index (χ3n) is 2.17. The summed E-state index contributed by atoms with van der Waals surface area (Å²) in [6, 6.07) is 6.00. The van der Waals surface area contributed by atoms with Crippen molar-refractivity contribution in [2.45, 2.75) is 19.9 Å². The quantitative estimate of drug-likeness (QED) is 0.830. The van der Waals surface area contributed by atoms with E-state index in [0.717, 1.165) is 17.9 Å². The van der Waals surface area contributed by atoms with E-state index in [4.69, 9.17) is 16.3 Å². The Labute approximate surface area is 90.2 Å². The molecule has 3 heteroatoms. The van der Waals surface area contributed by atoms with Gasteiger partial charge in [-0.2, -0.15) is 0 Å². The number of benzene rings is 1. The summed E-state index contributed by atoms with van der Waals surface area (Å²) in [6.45, 7) is 5.13. The number of hydrogen-bond acceptors (Lipinski definition) is 2. The average molecular weight is 214 g/mol. The summed E-state index contributed by atoms with van der Waals surface area (Å²) in [4.78, 5) is 0. The minimum Gasteiger partial charge on any atom is -0.496 e. The Morgan fingerprint density at radius 2 is 2.21 bits per heavy atom. The van der Waals surface area contributed by atoms with E-state index in [2.05, 4.69) is 19.2 Å². The molecule has 0 spiro atoms. The van der Waals surface area contributed by atoms with Crippen LogP contribution in [0.15, 0.2) is 18.2 Å². The zero-order valence-corrected chi connectivity index (χ0v) is 9.56. The molecule has 0 heterocycles. The van der Waals surface area contributed by atoms with Gasteiger partial charge in [0.25, 0.3) is 0 Å². The highest BCUT2D eigenvalue weighted by Crippen LogP contribution is 2.27. The average Bonchev–Trinajstić information content (AvgIpc) is 2.17. The van der Waals surface area contributed by atoms with Gasteiger partial charge >= 0.3 is 0 Å². The van der Waals surface area contributed by atoms with Crippen molar-refractivity contribution in [1.29, 1.82) is 0 Å². The van der Waals surface area contributed by atoms with E-state index >= 15 is 0 Å². The van der Waals surface area contributed by atoms with Crippen molar-refractivity contribution in [2.24, 2.45) is 0 Å². The maximum Gasteiger partial charge on any atom is 0.125 e. The highest BCUT2D eigenvalue weighted by Gasteiger charge is 2.10. The lowest BCUT2D eigenvalue weighted by Crippen LogP contribution is -2.18. The molecule has 0 radical (unpaired) electrons. The van der Waals surface area contributed by atoms with E-state index in [9.17, 15) is 0 Å². The minimum atomic E-state index is 0.284. The lowest BCUT2D eigenvalue weighted by atomic mass is 10.1. The lowest BCUT2D eigenvalue weighted by Gasteiger charge is -2.16. The van der Waals surface area contributed by atoms with E-state index in [-0.39, 0.29) is 6.04 Å². The maximum absolute atomic E-state index is 5.88. The zero-order chi connectivity index (χ0) is 10.6. The SMILES string of the molecule is CCNC(C)c1ccc(Cl)cc1OC. The van der Waals surface area contributed by atoms with Crippen molar-refractivity contribution in [3.63, 3.8) is 0 Å². The third kappa shape index (κ3) is 2.63. The van der Waals surface area contributed by atoms with Crippen LogP contribution in [0.25, 0.3) is 0 Å². The van der Waals surface area contributed by atoms with E-state index in [1.807, 2.05) is 18.2 Å². The fourth-order valence-electron chi connectivity index (χ4n) is 1.46. The Balaban J connectivity index is 2.95. The molecule has 0 bridgehead atoms. The van der Waals surface area contributed by atoms with Crippen molar-refractivity contribution in [1.82, 2.24) is 5.32 Å². The van der Waals surface area contributed by atoms with Crippen LogP contribution in [0, 0.1) is 0 Å². The molecule has 0 saturated carbocycles. The van der Waals surface area contributed by atoms with Crippen molar-refractivity contribution < 1.29 is 4.74 Å². The van der Waals surface area contributed by atoms with Gasteiger partial charge < -0.3 is 10.1 Å². The van der Waals surface area contributed by atoms with E-state index < -0.39 is 0 Å². The highest BCUT2D eigenvalue weighted by molar-refractivity contribution is 6.30. The van der Waals surface area contributed by atoms with Crippen LogP contribution in [0.1, 0.15) is 25.5 Å². The molecule has 0 aromatic heterocycles. The van der Waals surface area contributed by atoms with Gasteiger partial charge in [0.1, 0.15) is 5.75 Å². The lowest BCUT2D eigenvalue weighted by molar-refractivity contribution is 0.402. The summed E-state index contributed by atoms with van der Waals surface area (Å²) < 4.78 is 5.27. The van der Waals surface area contributed by atoms with E-state index in [1.54, 1.807) is 7.11 Å². The second-order valence-corrected chi connectivity index (χ2v) is 3.60. The summed E-state index contributed by atoms with van der Waals surface area (Å²) in [6.07, 6.45) is 0. The maximum atomic E-state index is 5.88. The second-order valence-electron chi connectivity index (χ2n) is 3.17. The molecule has 1 N–H and O–H groups in total. The van der Waals surface area contributed by atoms with Crippen molar-refractivity contribution in [3.8, 4) is 5.75 Å². The fraction of sp³-hybridized carbons (Fsp3) is 0.455. The molecule has 1 rings (SSSR count). The van der Waals surface area contributed by atoms with Gasteiger partial charge in [-0.1, -0.05) is 24.6 Å². The monoisotopic (exact) mass is 213 g/mol. The smallest absolute Gasteiger partial charge is 0.125 e. The van der Waals surface area contributed by atoms with Crippen LogP contribution in [0.5, 0.6) is 5.75 Å². The van der Waals surface area contributed by atoms with Crippen LogP contribution in [0.3, 0.4) is 0 Å². The summed E-state index contributed by atoms with van der Waals surface area (Å²) >= 11 is 5.88. The molecule has 1 aromatic carbocycles. The van der Waals surface area contributed by atoms with Crippen LogP contribution >= 0.6 is 11.6 Å². The zero-order valence-electron chi connectivity index (χ0n) is 8.80. The molecule has 0 aliphatic carbocycles. The minimum absolute atomic E-state index is 0.284. The molecule has 0 amide bonds. The molecule has 2 nitrogen and oxygen atoms in total. The van der Waals surface area contributed by atoms with Gasteiger partial charge in [0.2, 0.25) is 0 Å². The van der Waals surface area contributed by atoms with Crippen LogP contribution in [0.2, 0.25) is 5.02 Å². The number of ether oxygens (including phenoxy) is 1. The van der Waals surface area contributed by atoms with Crippen molar-refractivity contribution >= 4 is 11.6 Å². The number of methoxy groups -OCH3 is 1. The van der Waals surface area contributed by atoms with Crippen molar-refractivity contribution in [3.05, 3.63) is 28.8 Å². The van der Waals surface area contributed by atoms with Gasteiger partial charge in [0.05, 0.1) is 7.11 Å². The topological polar surface area (TPSA) is 21.3 Å². The largest absolute Gasteiger partial charge is 0.496 e. The Morgan fingerprint density at radius 1 is 1.50 bits per heavy atom. The first-order valence-corrected chi connectivity index (χ1v) is 5.13. The van der Waals surface area contributed by atoms with Crippen LogP contribution in [-0.4, -0.2) is 13.7 Å². The third-order valence-corrected chi connectivity index (χ3v) is 2.41. The first-order valence-electron chi connectivity index (χ1n) is 4.75. The van der Waals surface area contributed by atoms with Gasteiger partial charge in [0, 0.05) is 16.6 Å². The fourth-order valence-corrected chi connectivity index (χ4v) is 1.62. The predicted molar refractivity (Wildman–Crippen MR) is 60.1 cm³/mol. The normalized spacial score (nSPS) is 12.6. The van der Waals surface area contributed by atoms with Gasteiger partial charge in [0.15, 0.2) is 0 Å². The number of nitrogens with one attached hydrogen (secondary N) is 1. The molecule has 0 aliphatic rings. The second kappa shape index (κ2) is 5.23. The molecule has 1 unspecified atom stereocenters. The number of rotatable bonds is 4. The Bertz CT molecular complexity index is 301. The molecule has 14 heavy (non-hydrogen) atoms. The number of halogens is 1. The highest BCUT2D eigenvalue weighted by atomic mass is 35.5. The Hall–Kier alpha value is -0.730. The Kier molecular flexibility index (Phi) is 4.23. The first-order chi connectivity index (χ1) is 6.69. The molecule has 1 aromatic rings. The molecule has 1 atom stereocenters. The summed E-state index contributed by atoms with van der Waals surface area (Å²) in [5.74, 6) is 0.839. The molecule has 0 fully saturated rings. The van der Waals surface area contributed by atoms with Crippen LogP contribution < -0.4 is 10.1 Å². The van der Waals surface area contributed by atoms with Crippen LogP contribution in [-0.2, 0) is 0 Å². The van der Waals surface area contributed by atoms with E-state index in [0.29, 0.717) is 5.02 Å².